The van der Waals surface area contributed by atoms with Crippen molar-refractivity contribution in [1.29, 1.82) is 0 Å². The van der Waals surface area contributed by atoms with Crippen LogP contribution in [0.4, 0.5) is 0 Å². The highest BCUT2D eigenvalue weighted by atomic mass is 16.5. The van der Waals surface area contributed by atoms with E-state index in [2.05, 4.69) is 10.2 Å². The zero-order valence-corrected chi connectivity index (χ0v) is 8.74. The van der Waals surface area contributed by atoms with Gasteiger partial charge in [0, 0.05) is 31.2 Å². The van der Waals surface area contributed by atoms with Crippen LogP contribution in [0.1, 0.15) is 25.7 Å². The lowest BCUT2D eigenvalue weighted by Gasteiger charge is -2.39. The summed E-state index contributed by atoms with van der Waals surface area (Å²) in [5.74, 6) is 0. The molecule has 2 bridgehead atoms. The fourth-order valence-electron chi connectivity index (χ4n) is 3.27. The van der Waals surface area contributed by atoms with Crippen LogP contribution in [0, 0.1) is 0 Å². The lowest BCUT2D eigenvalue weighted by molar-refractivity contribution is 0.00568. The largest absolute Gasteiger partial charge is 0.379 e. The first-order chi connectivity index (χ1) is 6.92. The van der Waals surface area contributed by atoms with E-state index >= 15 is 0 Å². The van der Waals surface area contributed by atoms with Crippen molar-refractivity contribution < 1.29 is 4.74 Å². The van der Waals surface area contributed by atoms with Crippen molar-refractivity contribution in [3.05, 3.63) is 0 Å². The zero-order chi connectivity index (χ0) is 9.38. The van der Waals surface area contributed by atoms with Crippen molar-refractivity contribution in [1.82, 2.24) is 10.2 Å². The van der Waals surface area contributed by atoms with Gasteiger partial charge >= 0.3 is 0 Å². The highest BCUT2D eigenvalue weighted by Gasteiger charge is 2.36. The van der Waals surface area contributed by atoms with Gasteiger partial charge in [0.25, 0.3) is 0 Å². The van der Waals surface area contributed by atoms with Crippen molar-refractivity contribution in [2.45, 2.75) is 43.8 Å². The Balaban J connectivity index is 1.61. The minimum absolute atomic E-state index is 0.821. The molecule has 0 aromatic carbocycles. The molecule has 3 aliphatic heterocycles. The predicted molar refractivity (Wildman–Crippen MR) is 55.4 cm³/mol. The molecule has 0 aromatic rings. The first-order valence-electron chi connectivity index (χ1n) is 5.99. The van der Waals surface area contributed by atoms with Crippen LogP contribution in [-0.2, 0) is 4.74 Å². The molecule has 3 aliphatic rings. The van der Waals surface area contributed by atoms with Gasteiger partial charge in [0.1, 0.15) is 0 Å². The lowest BCUT2D eigenvalue weighted by atomic mass is 9.98. The third kappa shape index (κ3) is 1.69. The van der Waals surface area contributed by atoms with E-state index in [4.69, 9.17) is 4.74 Å². The topological polar surface area (TPSA) is 24.5 Å². The molecule has 3 rings (SSSR count). The number of nitrogens with one attached hydrogen (secondary N) is 1. The van der Waals surface area contributed by atoms with Gasteiger partial charge in [-0.3, -0.25) is 4.90 Å². The van der Waals surface area contributed by atoms with Crippen LogP contribution in [0.3, 0.4) is 0 Å². The van der Waals surface area contributed by atoms with Gasteiger partial charge in [-0.15, -0.1) is 0 Å². The number of morpholine rings is 1. The summed E-state index contributed by atoms with van der Waals surface area (Å²) in [5.41, 5.74) is 0. The monoisotopic (exact) mass is 196 g/mol. The maximum Gasteiger partial charge on any atom is 0.0594 e. The molecule has 3 heterocycles. The molecule has 3 nitrogen and oxygen atoms in total. The first-order valence-corrected chi connectivity index (χ1v) is 5.99. The van der Waals surface area contributed by atoms with Gasteiger partial charge in [0.2, 0.25) is 0 Å². The Kier molecular flexibility index (Phi) is 2.48. The molecule has 0 aromatic heterocycles. The summed E-state index contributed by atoms with van der Waals surface area (Å²) in [5, 5.41) is 3.70. The molecule has 0 radical (unpaired) electrons. The van der Waals surface area contributed by atoms with Crippen LogP contribution in [0.25, 0.3) is 0 Å². The Morgan fingerprint density at radius 3 is 2.29 bits per heavy atom. The van der Waals surface area contributed by atoms with Crippen LogP contribution in [-0.4, -0.2) is 49.3 Å². The Morgan fingerprint density at radius 2 is 1.64 bits per heavy atom. The lowest BCUT2D eigenvalue weighted by Crippen LogP contribution is -2.51. The quantitative estimate of drug-likeness (QED) is 0.665. The molecule has 14 heavy (non-hydrogen) atoms. The molecule has 3 heteroatoms. The summed E-state index contributed by atoms with van der Waals surface area (Å²) in [7, 11) is 0. The smallest absolute Gasteiger partial charge is 0.0594 e. The van der Waals surface area contributed by atoms with E-state index in [0.717, 1.165) is 44.4 Å². The standard InChI is InChI=1S/C11H20N2O/c1-2-10-8-11(7-9(1)12-10)13-3-5-14-6-4-13/h9-12H,1-8H2/t9-,10+,11?. The van der Waals surface area contributed by atoms with Gasteiger partial charge < -0.3 is 10.1 Å². The third-order valence-electron chi connectivity index (χ3n) is 4.01. The van der Waals surface area contributed by atoms with Crippen molar-refractivity contribution in [2.24, 2.45) is 0 Å². The normalized spacial score (nSPS) is 44.1. The molecule has 80 valence electrons. The minimum atomic E-state index is 0.821. The van der Waals surface area contributed by atoms with E-state index in [0.29, 0.717) is 0 Å². The van der Waals surface area contributed by atoms with Crippen molar-refractivity contribution in [2.75, 3.05) is 26.3 Å². The molecule has 1 N–H and O–H groups in total. The van der Waals surface area contributed by atoms with E-state index in [1.807, 2.05) is 0 Å². The van der Waals surface area contributed by atoms with E-state index in [1.165, 1.54) is 25.7 Å². The Labute approximate surface area is 85.8 Å². The maximum absolute atomic E-state index is 5.40. The summed E-state index contributed by atoms with van der Waals surface area (Å²) >= 11 is 0. The fraction of sp³-hybridized carbons (Fsp3) is 1.00. The number of piperidine rings is 1. The second-order valence-electron chi connectivity index (χ2n) is 4.91. The zero-order valence-electron chi connectivity index (χ0n) is 8.74. The molecule has 0 spiro atoms. The van der Waals surface area contributed by atoms with Crippen LogP contribution < -0.4 is 5.32 Å². The Morgan fingerprint density at radius 1 is 1.00 bits per heavy atom. The van der Waals surface area contributed by atoms with Gasteiger partial charge in [0.15, 0.2) is 0 Å². The summed E-state index contributed by atoms with van der Waals surface area (Å²) in [4.78, 5) is 2.65. The second kappa shape index (κ2) is 3.80. The fourth-order valence-corrected chi connectivity index (χ4v) is 3.27. The van der Waals surface area contributed by atoms with Crippen molar-refractivity contribution in [3.63, 3.8) is 0 Å². The SMILES string of the molecule is C1CN(C2C[C@H]3CC[C@@H](C2)N3)CCO1. The van der Waals surface area contributed by atoms with E-state index in [-0.39, 0.29) is 0 Å². The van der Waals surface area contributed by atoms with Crippen molar-refractivity contribution >= 4 is 0 Å². The predicted octanol–water partition coefficient (Wildman–Crippen LogP) is 0.602. The van der Waals surface area contributed by atoms with Crippen molar-refractivity contribution in [3.8, 4) is 0 Å². The summed E-state index contributed by atoms with van der Waals surface area (Å²) in [6, 6.07) is 2.49. The first kappa shape index (κ1) is 9.13. The van der Waals surface area contributed by atoms with Gasteiger partial charge in [-0.25, -0.2) is 0 Å². The number of fused-ring (bicyclic) bond motifs is 2. The molecular weight excluding hydrogens is 176 g/mol. The van der Waals surface area contributed by atoms with Crippen LogP contribution in [0.2, 0.25) is 0 Å². The molecule has 3 atom stereocenters. The number of nitrogens with zero attached hydrogens (tertiary/aromatic N) is 1. The number of hydrogen-bond donors (Lipinski definition) is 1. The van der Waals surface area contributed by atoms with E-state index in [9.17, 15) is 0 Å². The average molecular weight is 196 g/mol. The average Bonchev–Trinajstić information content (AvgIpc) is 2.59. The molecular formula is C11H20N2O. The maximum atomic E-state index is 5.40. The molecule has 1 unspecified atom stereocenters. The Hall–Kier alpha value is -0.120. The Bertz CT molecular complexity index is 191. The molecule has 0 saturated carbocycles. The minimum Gasteiger partial charge on any atom is -0.379 e. The summed E-state index contributed by atoms with van der Waals surface area (Å²) in [6.07, 6.45) is 5.56. The van der Waals surface area contributed by atoms with Crippen LogP contribution in [0.15, 0.2) is 0 Å². The van der Waals surface area contributed by atoms with Gasteiger partial charge in [-0.05, 0) is 25.7 Å². The van der Waals surface area contributed by atoms with E-state index < -0.39 is 0 Å². The summed E-state index contributed by atoms with van der Waals surface area (Å²) in [6.45, 7) is 4.20. The number of hydrogen-bond acceptors (Lipinski definition) is 3. The van der Waals surface area contributed by atoms with Crippen LogP contribution >= 0.6 is 0 Å². The molecule has 0 aliphatic carbocycles. The number of ether oxygens (including phenoxy) is 1. The number of rotatable bonds is 1. The highest BCUT2D eigenvalue weighted by molar-refractivity contribution is 4.95. The molecule has 3 saturated heterocycles. The van der Waals surface area contributed by atoms with Gasteiger partial charge in [0.05, 0.1) is 13.2 Å². The summed E-state index contributed by atoms with van der Waals surface area (Å²) < 4.78 is 5.40. The highest BCUT2D eigenvalue weighted by Crippen LogP contribution is 2.29. The van der Waals surface area contributed by atoms with Gasteiger partial charge in [-0.1, -0.05) is 0 Å². The second-order valence-corrected chi connectivity index (χ2v) is 4.91. The van der Waals surface area contributed by atoms with Gasteiger partial charge in [-0.2, -0.15) is 0 Å². The van der Waals surface area contributed by atoms with E-state index in [1.54, 1.807) is 0 Å². The molecule has 0 amide bonds. The molecule has 3 fully saturated rings. The third-order valence-corrected chi connectivity index (χ3v) is 4.01. The van der Waals surface area contributed by atoms with Crippen LogP contribution in [0.5, 0.6) is 0 Å².